The van der Waals surface area contributed by atoms with Crippen LogP contribution in [-0.4, -0.2) is 18.0 Å². The van der Waals surface area contributed by atoms with Crippen LogP contribution in [-0.2, 0) is 10.1 Å². The zero-order valence-corrected chi connectivity index (χ0v) is 16.6. The largest absolute Gasteiger partial charge is 0.384 e. The summed E-state index contributed by atoms with van der Waals surface area (Å²) in [6.07, 6.45) is 0. The van der Waals surface area contributed by atoms with E-state index in [0.29, 0.717) is 17.1 Å². The summed E-state index contributed by atoms with van der Waals surface area (Å²) in [5.74, 6) is 0.649. The number of pyridine rings is 1. The third-order valence-corrected chi connectivity index (χ3v) is 4.34. The van der Waals surface area contributed by atoms with E-state index in [1.54, 1.807) is 37.3 Å². The van der Waals surface area contributed by atoms with Crippen LogP contribution in [0, 0.1) is 6.92 Å². The van der Waals surface area contributed by atoms with Crippen LogP contribution >= 0.6 is 12.4 Å². The fourth-order valence-electron chi connectivity index (χ4n) is 2.02. The van der Waals surface area contributed by atoms with Crippen molar-refractivity contribution in [2.24, 2.45) is 10.2 Å². The minimum absolute atomic E-state index is 0. The highest BCUT2D eigenvalue weighted by atomic mass is 35.5. The second kappa shape index (κ2) is 10.4. The molecule has 3 aromatic rings. The van der Waals surface area contributed by atoms with Crippen LogP contribution < -0.4 is 11.5 Å². The first kappa shape index (κ1) is 23.0. The van der Waals surface area contributed by atoms with E-state index < -0.39 is 10.1 Å². The Labute approximate surface area is 169 Å². The zero-order chi connectivity index (χ0) is 19.9. The van der Waals surface area contributed by atoms with E-state index >= 15 is 0 Å². The first-order valence-corrected chi connectivity index (χ1v) is 9.23. The van der Waals surface area contributed by atoms with Gasteiger partial charge in [0.25, 0.3) is 10.1 Å². The molecule has 0 spiro atoms. The Morgan fingerprint density at radius 2 is 1.50 bits per heavy atom. The summed E-state index contributed by atoms with van der Waals surface area (Å²) < 4.78 is 29.9. The van der Waals surface area contributed by atoms with E-state index in [9.17, 15) is 8.42 Å². The average Bonchev–Trinajstić information content (AvgIpc) is 2.62. The molecule has 0 aliphatic carbocycles. The lowest BCUT2D eigenvalue weighted by atomic mass is 10.2. The number of nitrogens with zero attached hydrogens (tertiary/aromatic N) is 3. The van der Waals surface area contributed by atoms with Crippen molar-refractivity contribution in [1.82, 2.24) is 4.98 Å². The van der Waals surface area contributed by atoms with Gasteiger partial charge >= 0.3 is 0 Å². The fourth-order valence-corrected chi connectivity index (χ4v) is 2.75. The molecule has 0 fully saturated rings. The van der Waals surface area contributed by atoms with Gasteiger partial charge in [-0.3, -0.25) is 4.55 Å². The highest BCUT2D eigenvalue weighted by Gasteiger charge is 2.10. The Hall–Kier alpha value is -3.01. The maximum absolute atomic E-state index is 10.6. The molecule has 0 radical (unpaired) electrons. The first-order valence-electron chi connectivity index (χ1n) is 7.79. The van der Waals surface area contributed by atoms with Crippen LogP contribution in [0.15, 0.2) is 81.9 Å². The summed E-state index contributed by atoms with van der Waals surface area (Å²) in [4.78, 5) is 3.86. The average molecular weight is 422 g/mol. The molecule has 3 rings (SSSR count). The van der Waals surface area contributed by atoms with Gasteiger partial charge in [-0.15, -0.1) is 17.5 Å². The van der Waals surface area contributed by atoms with Gasteiger partial charge in [0.2, 0.25) is 0 Å². The number of halogens is 1. The minimum atomic E-state index is -4.03. The maximum Gasteiger partial charge on any atom is 0.294 e. The summed E-state index contributed by atoms with van der Waals surface area (Å²) in [6, 6.07) is 19.0. The number of nitrogens with two attached hydrogens (primary N) is 2. The van der Waals surface area contributed by atoms with Gasteiger partial charge in [-0.05, 0) is 42.8 Å². The van der Waals surface area contributed by atoms with Crippen LogP contribution in [0.2, 0.25) is 0 Å². The molecule has 0 saturated heterocycles. The van der Waals surface area contributed by atoms with Gasteiger partial charge in [-0.2, -0.15) is 13.5 Å². The number of anilines is 2. The fraction of sp³-hybridized carbons (Fsp3) is 0.0556. The lowest BCUT2D eigenvalue weighted by molar-refractivity contribution is 0.482. The Bertz CT molecular complexity index is 1040. The van der Waals surface area contributed by atoms with Gasteiger partial charge in [0, 0.05) is 0 Å². The van der Waals surface area contributed by atoms with Crippen molar-refractivity contribution in [1.29, 1.82) is 0 Å². The van der Waals surface area contributed by atoms with Crippen molar-refractivity contribution in [3.63, 3.8) is 0 Å². The molecule has 0 unspecified atom stereocenters. The number of aromatic nitrogens is 1. The normalized spacial score (nSPS) is 10.6. The number of hydrogen-bond donors (Lipinski definition) is 3. The summed E-state index contributed by atoms with van der Waals surface area (Å²) in [5.41, 5.74) is 12.9. The molecule has 28 heavy (non-hydrogen) atoms. The van der Waals surface area contributed by atoms with Gasteiger partial charge in [0.05, 0.1) is 10.6 Å². The van der Waals surface area contributed by atoms with Gasteiger partial charge in [-0.1, -0.05) is 36.4 Å². The number of nitrogen functional groups attached to an aromatic ring is 2. The van der Waals surface area contributed by atoms with Crippen molar-refractivity contribution < 1.29 is 13.0 Å². The number of benzene rings is 2. The van der Waals surface area contributed by atoms with E-state index in [-0.39, 0.29) is 23.1 Å². The summed E-state index contributed by atoms with van der Waals surface area (Å²) in [6.45, 7) is 1.63. The molecular weight excluding hydrogens is 402 g/mol. The van der Waals surface area contributed by atoms with E-state index in [1.165, 1.54) is 6.07 Å². The number of rotatable bonds is 3. The molecule has 0 amide bonds. The second-order valence-corrected chi connectivity index (χ2v) is 6.81. The zero-order valence-electron chi connectivity index (χ0n) is 14.9. The predicted molar refractivity (Wildman–Crippen MR) is 112 cm³/mol. The molecule has 148 valence electrons. The predicted octanol–water partition coefficient (Wildman–Crippen LogP) is 4.32. The monoisotopic (exact) mass is 421 g/mol. The molecule has 5 N–H and O–H groups in total. The van der Waals surface area contributed by atoms with Crippen LogP contribution in [0.5, 0.6) is 0 Å². The van der Waals surface area contributed by atoms with E-state index in [4.69, 9.17) is 16.0 Å². The van der Waals surface area contributed by atoms with Crippen molar-refractivity contribution in [2.75, 3.05) is 11.5 Å². The summed E-state index contributed by atoms with van der Waals surface area (Å²) in [5, 5.41) is 8.03. The maximum atomic E-state index is 10.6. The molecule has 0 atom stereocenters. The Balaban J connectivity index is 0.000000289. The van der Waals surface area contributed by atoms with Crippen LogP contribution in [0.3, 0.4) is 0 Å². The van der Waals surface area contributed by atoms with Crippen molar-refractivity contribution in [3.05, 3.63) is 72.3 Å². The molecule has 0 bridgehead atoms. The highest BCUT2D eigenvalue weighted by molar-refractivity contribution is 7.85. The third-order valence-electron chi connectivity index (χ3n) is 3.32. The SMILES string of the molecule is Cc1ccccc1S(=O)(=O)O.Cl.Nc1ccc(N=Nc2ccccc2)c(N)n1. The van der Waals surface area contributed by atoms with Gasteiger partial charge in [-0.25, -0.2) is 4.98 Å². The minimum Gasteiger partial charge on any atom is -0.384 e. The number of hydrogen-bond acceptors (Lipinski definition) is 7. The second-order valence-electron chi connectivity index (χ2n) is 5.42. The topological polar surface area (TPSA) is 144 Å². The first-order chi connectivity index (χ1) is 12.8. The highest BCUT2D eigenvalue weighted by Crippen LogP contribution is 2.23. The molecule has 0 aliphatic heterocycles. The Morgan fingerprint density at radius 3 is 2.04 bits per heavy atom. The van der Waals surface area contributed by atoms with E-state index in [0.717, 1.165) is 5.69 Å². The van der Waals surface area contributed by atoms with Crippen molar-refractivity contribution in [3.8, 4) is 0 Å². The number of aryl methyl sites for hydroxylation is 1. The molecule has 0 aliphatic rings. The Morgan fingerprint density at radius 1 is 0.893 bits per heavy atom. The molecule has 1 heterocycles. The van der Waals surface area contributed by atoms with E-state index in [1.807, 2.05) is 30.3 Å². The molecular formula is C18H20ClN5O3S. The van der Waals surface area contributed by atoms with Crippen molar-refractivity contribution in [2.45, 2.75) is 11.8 Å². The molecule has 2 aromatic carbocycles. The lowest BCUT2D eigenvalue weighted by Gasteiger charge is -1.99. The Kier molecular flexibility index (Phi) is 8.52. The van der Waals surface area contributed by atoms with Gasteiger partial charge in [0.15, 0.2) is 5.82 Å². The molecule has 8 nitrogen and oxygen atoms in total. The third kappa shape index (κ3) is 6.95. The van der Waals surface area contributed by atoms with E-state index in [2.05, 4.69) is 15.2 Å². The van der Waals surface area contributed by atoms with Gasteiger partial charge < -0.3 is 11.5 Å². The standard InChI is InChI=1S/C11H11N5.C7H8O3S.ClH/c12-10-7-6-9(11(13)14-10)16-15-8-4-2-1-3-5-8;1-6-4-2-3-5-7(6)11(8,9)10;/h1-7H,(H4,12,13,14);2-5H,1H3,(H,8,9,10);1H. The molecule has 0 saturated carbocycles. The quantitative estimate of drug-likeness (QED) is 0.424. The van der Waals surface area contributed by atoms with Crippen LogP contribution in [0.25, 0.3) is 0 Å². The lowest BCUT2D eigenvalue weighted by Crippen LogP contribution is -1.99. The number of azo groups is 1. The smallest absolute Gasteiger partial charge is 0.294 e. The summed E-state index contributed by atoms with van der Waals surface area (Å²) in [7, 11) is -4.03. The molecule has 1 aromatic heterocycles. The van der Waals surface area contributed by atoms with Crippen LogP contribution in [0.4, 0.5) is 23.0 Å². The summed E-state index contributed by atoms with van der Waals surface area (Å²) >= 11 is 0. The van der Waals surface area contributed by atoms with Crippen LogP contribution in [0.1, 0.15) is 5.56 Å². The van der Waals surface area contributed by atoms with Gasteiger partial charge in [0.1, 0.15) is 11.5 Å². The molecule has 10 heteroatoms. The van der Waals surface area contributed by atoms with Crippen molar-refractivity contribution >= 4 is 45.5 Å².